The van der Waals surface area contributed by atoms with E-state index in [1.807, 2.05) is 0 Å². The Labute approximate surface area is 110 Å². The molecule has 3 amide bonds. The molecule has 0 aromatic heterocycles. The Morgan fingerprint density at radius 3 is 2.00 bits per heavy atom. The number of hydrogen-bond donors (Lipinski definition) is 4. The second-order valence-electron chi connectivity index (χ2n) is 4.48. The molecule has 2 atom stereocenters. The summed E-state index contributed by atoms with van der Waals surface area (Å²) in [6, 6.07) is -2.16. The molecular formula is C11H19N3O5. The van der Waals surface area contributed by atoms with Crippen LogP contribution in [0.4, 0.5) is 0 Å². The van der Waals surface area contributed by atoms with Crippen LogP contribution < -0.4 is 16.4 Å². The predicted molar refractivity (Wildman–Crippen MR) is 65.8 cm³/mol. The SMILES string of the molecule is CC(=O)N[C@@H](C(=O)N[C@H](CC(=O)O)C(N)=O)C(C)C. The van der Waals surface area contributed by atoms with Gasteiger partial charge in [-0.2, -0.15) is 0 Å². The van der Waals surface area contributed by atoms with Crippen molar-refractivity contribution in [3.05, 3.63) is 0 Å². The molecule has 8 nitrogen and oxygen atoms in total. The second-order valence-corrected chi connectivity index (χ2v) is 4.48. The lowest BCUT2D eigenvalue weighted by Crippen LogP contribution is -2.54. The lowest BCUT2D eigenvalue weighted by atomic mass is 10.0. The zero-order valence-electron chi connectivity index (χ0n) is 11.1. The zero-order valence-corrected chi connectivity index (χ0v) is 11.1. The van der Waals surface area contributed by atoms with Crippen LogP contribution in [0.5, 0.6) is 0 Å². The summed E-state index contributed by atoms with van der Waals surface area (Å²) in [5, 5.41) is 13.3. The molecule has 0 aliphatic carbocycles. The largest absolute Gasteiger partial charge is 0.481 e. The molecule has 5 N–H and O–H groups in total. The van der Waals surface area contributed by atoms with Crippen molar-refractivity contribution in [3.8, 4) is 0 Å². The van der Waals surface area contributed by atoms with E-state index in [0.717, 1.165) is 0 Å². The maximum atomic E-state index is 11.9. The smallest absolute Gasteiger partial charge is 0.305 e. The number of primary amides is 1. The van der Waals surface area contributed by atoms with Crippen molar-refractivity contribution in [1.29, 1.82) is 0 Å². The van der Waals surface area contributed by atoms with E-state index < -0.39 is 42.2 Å². The van der Waals surface area contributed by atoms with Gasteiger partial charge in [0.15, 0.2) is 0 Å². The summed E-state index contributed by atoms with van der Waals surface area (Å²) >= 11 is 0. The Kier molecular flexibility index (Phi) is 6.53. The highest BCUT2D eigenvalue weighted by Gasteiger charge is 2.28. The van der Waals surface area contributed by atoms with Gasteiger partial charge in [0, 0.05) is 6.92 Å². The van der Waals surface area contributed by atoms with Gasteiger partial charge in [-0.25, -0.2) is 0 Å². The molecule has 0 aromatic rings. The van der Waals surface area contributed by atoms with Gasteiger partial charge < -0.3 is 21.5 Å². The van der Waals surface area contributed by atoms with E-state index in [1.54, 1.807) is 13.8 Å². The first-order chi connectivity index (χ1) is 8.65. The standard InChI is InChI=1S/C11H19N3O5/c1-5(2)9(13-6(3)15)11(19)14-7(10(12)18)4-8(16)17/h5,7,9H,4H2,1-3H3,(H2,12,18)(H,13,15)(H,14,19)(H,16,17)/t7-,9-/m1/s1. The van der Waals surface area contributed by atoms with Gasteiger partial charge in [0.2, 0.25) is 17.7 Å². The van der Waals surface area contributed by atoms with Crippen LogP contribution in [0.25, 0.3) is 0 Å². The van der Waals surface area contributed by atoms with Crippen LogP contribution in [-0.4, -0.2) is 40.9 Å². The first kappa shape index (κ1) is 16.9. The third-order valence-corrected chi connectivity index (χ3v) is 2.35. The highest BCUT2D eigenvalue weighted by molar-refractivity contribution is 5.93. The van der Waals surface area contributed by atoms with Crippen molar-refractivity contribution in [2.24, 2.45) is 11.7 Å². The number of nitrogens with two attached hydrogens (primary N) is 1. The highest BCUT2D eigenvalue weighted by Crippen LogP contribution is 2.03. The fourth-order valence-electron chi connectivity index (χ4n) is 1.41. The Bertz CT molecular complexity index is 381. The Morgan fingerprint density at radius 1 is 1.16 bits per heavy atom. The first-order valence-corrected chi connectivity index (χ1v) is 5.73. The van der Waals surface area contributed by atoms with Crippen LogP contribution >= 0.6 is 0 Å². The molecule has 108 valence electrons. The van der Waals surface area contributed by atoms with Crippen molar-refractivity contribution >= 4 is 23.7 Å². The topological polar surface area (TPSA) is 139 Å². The van der Waals surface area contributed by atoms with E-state index in [9.17, 15) is 19.2 Å². The van der Waals surface area contributed by atoms with Crippen LogP contribution in [-0.2, 0) is 19.2 Å². The predicted octanol–water partition coefficient (Wildman–Crippen LogP) is -1.41. The van der Waals surface area contributed by atoms with Gasteiger partial charge in [-0.3, -0.25) is 19.2 Å². The Morgan fingerprint density at radius 2 is 1.68 bits per heavy atom. The summed E-state index contributed by atoms with van der Waals surface area (Å²) in [6.07, 6.45) is -0.605. The molecule has 19 heavy (non-hydrogen) atoms. The minimum atomic E-state index is -1.31. The summed E-state index contributed by atoms with van der Waals surface area (Å²) < 4.78 is 0. The van der Waals surface area contributed by atoms with Crippen molar-refractivity contribution < 1.29 is 24.3 Å². The van der Waals surface area contributed by atoms with Crippen LogP contribution in [0.1, 0.15) is 27.2 Å². The zero-order chi connectivity index (χ0) is 15.2. The van der Waals surface area contributed by atoms with Gasteiger partial charge in [0.25, 0.3) is 0 Å². The van der Waals surface area contributed by atoms with Gasteiger partial charge >= 0.3 is 5.97 Å². The van der Waals surface area contributed by atoms with E-state index in [2.05, 4.69) is 10.6 Å². The molecule has 0 saturated heterocycles. The van der Waals surface area contributed by atoms with E-state index in [-0.39, 0.29) is 5.92 Å². The van der Waals surface area contributed by atoms with Gasteiger partial charge in [0.1, 0.15) is 12.1 Å². The average molecular weight is 273 g/mol. The van der Waals surface area contributed by atoms with Gasteiger partial charge in [-0.15, -0.1) is 0 Å². The quantitative estimate of drug-likeness (QED) is 0.451. The minimum absolute atomic E-state index is 0.220. The van der Waals surface area contributed by atoms with Crippen molar-refractivity contribution in [1.82, 2.24) is 10.6 Å². The van der Waals surface area contributed by atoms with Crippen molar-refractivity contribution in [2.45, 2.75) is 39.3 Å². The van der Waals surface area contributed by atoms with Gasteiger partial charge in [0.05, 0.1) is 6.42 Å². The number of carbonyl (C=O) groups is 4. The number of rotatable bonds is 7. The molecule has 8 heteroatoms. The van der Waals surface area contributed by atoms with Crippen molar-refractivity contribution in [3.63, 3.8) is 0 Å². The third-order valence-electron chi connectivity index (χ3n) is 2.35. The summed E-state index contributed by atoms with van der Waals surface area (Å²) in [7, 11) is 0. The molecule has 0 fully saturated rings. The van der Waals surface area contributed by atoms with Crippen LogP contribution in [0.2, 0.25) is 0 Å². The maximum absolute atomic E-state index is 11.9. The fraction of sp³-hybridized carbons (Fsp3) is 0.636. The summed E-state index contributed by atoms with van der Waals surface area (Å²) in [6.45, 7) is 4.67. The number of carboxylic acids is 1. The van der Waals surface area contributed by atoms with Crippen LogP contribution in [0.3, 0.4) is 0 Å². The molecule has 0 bridgehead atoms. The molecule has 0 aliphatic heterocycles. The second kappa shape index (κ2) is 7.34. The number of hydrogen-bond acceptors (Lipinski definition) is 4. The normalized spacial score (nSPS) is 13.5. The summed E-state index contributed by atoms with van der Waals surface area (Å²) in [5.41, 5.74) is 5.01. The van der Waals surface area contributed by atoms with E-state index in [1.165, 1.54) is 6.92 Å². The summed E-state index contributed by atoms with van der Waals surface area (Å²) in [4.78, 5) is 44.5. The maximum Gasteiger partial charge on any atom is 0.305 e. The van der Waals surface area contributed by atoms with E-state index in [0.29, 0.717) is 0 Å². The molecule has 0 saturated carbocycles. The summed E-state index contributed by atoms with van der Waals surface area (Å²) in [5.74, 6) is -3.47. The van der Waals surface area contributed by atoms with Crippen LogP contribution in [0.15, 0.2) is 0 Å². The monoisotopic (exact) mass is 273 g/mol. The third kappa shape index (κ3) is 6.39. The number of aliphatic carboxylic acids is 1. The van der Waals surface area contributed by atoms with Crippen LogP contribution in [0, 0.1) is 5.92 Å². The molecule has 0 rings (SSSR count). The van der Waals surface area contributed by atoms with Crippen molar-refractivity contribution in [2.75, 3.05) is 0 Å². The molecule has 0 unspecified atom stereocenters. The lowest BCUT2D eigenvalue weighted by Gasteiger charge is -2.23. The van der Waals surface area contributed by atoms with E-state index >= 15 is 0 Å². The van der Waals surface area contributed by atoms with Gasteiger partial charge in [-0.1, -0.05) is 13.8 Å². The Hall–Kier alpha value is -2.12. The highest BCUT2D eigenvalue weighted by atomic mass is 16.4. The Balaban J connectivity index is 4.80. The average Bonchev–Trinajstić information content (AvgIpc) is 2.23. The lowest BCUT2D eigenvalue weighted by molar-refractivity contribution is -0.140. The molecule has 0 spiro atoms. The number of carbonyl (C=O) groups excluding carboxylic acids is 3. The number of nitrogens with one attached hydrogen (secondary N) is 2. The molecule has 0 aliphatic rings. The molecular weight excluding hydrogens is 254 g/mol. The minimum Gasteiger partial charge on any atom is -0.481 e. The first-order valence-electron chi connectivity index (χ1n) is 5.73. The van der Waals surface area contributed by atoms with Gasteiger partial charge in [-0.05, 0) is 5.92 Å². The number of amides is 3. The molecule has 0 heterocycles. The molecule has 0 radical (unpaired) electrons. The molecule has 0 aromatic carbocycles. The number of carboxylic acid groups (broad SMARTS) is 1. The van der Waals surface area contributed by atoms with E-state index in [4.69, 9.17) is 10.8 Å². The fourth-order valence-corrected chi connectivity index (χ4v) is 1.41.